The fraction of sp³-hybridized carbons (Fsp3) is 0.312. The number of aromatic carboxylic acids is 1. The lowest BCUT2D eigenvalue weighted by atomic mass is 9.85. The van der Waals surface area contributed by atoms with Gasteiger partial charge in [0.1, 0.15) is 5.75 Å². The van der Waals surface area contributed by atoms with E-state index in [0.717, 1.165) is 11.1 Å². The second-order valence-corrected chi connectivity index (χ2v) is 5.91. The minimum absolute atomic E-state index is 0.0299. The Morgan fingerprint density at radius 2 is 1.81 bits per heavy atom. The van der Waals surface area contributed by atoms with Crippen molar-refractivity contribution < 1.29 is 14.6 Å². The standard InChI is InChI=1S/C16H18N2O3/c1-10-5-6-13(12(7-10)16(2,3)4)21-15-17-8-11(9-18-15)14(19)20/h5-9H,1-4H3,(H,19,20). The first-order chi connectivity index (χ1) is 9.77. The van der Waals surface area contributed by atoms with Crippen LogP contribution in [0.2, 0.25) is 0 Å². The molecule has 110 valence electrons. The van der Waals surface area contributed by atoms with E-state index in [2.05, 4.69) is 36.8 Å². The molecular weight excluding hydrogens is 268 g/mol. The van der Waals surface area contributed by atoms with E-state index in [1.165, 1.54) is 12.4 Å². The molecule has 0 spiro atoms. The monoisotopic (exact) mass is 286 g/mol. The molecule has 0 amide bonds. The highest BCUT2D eigenvalue weighted by atomic mass is 16.5. The molecule has 2 rings (SSSR count). The summed E-state index contributed by atoms with van der Waals surface area (Å²) in [5.41, 5.74) is 2.15. The van der Waals surface area contributed by atoms with Crippen LogP contribution in [0.5, 0.6) is 11.8 Å². The summed E-state index contributed by atoms with van der Waals surface area (Å²) in [5.74, 6) is -0.386. The SMILES string of the molecule is Cc1ccc(Oc2ncc(C(=O)O)cn2)c(C(C)(C)C)c1. The summed E-state index contributed by atoms with van der Waals surface area (Å²) in [6.45, 7) is 8.33. The second-order valence-electron chi connectivity index (χ2n) is 5.91. The topological polar surface area (TPSA) is 72.3 Å². The maximum Gasteiger partial charge on any atom is 0.338 e. The zero-order chi connectivity index (χ0) is 15.6. The van der Waals surface area contributed by atoms with Crippen molar-refractivity contribution in [2.75, 3.05) is 0 Å². The fourth-order valence-electron chi connectivity index (χ4n) is 1.90. The van der Waals surface area contributed by atoms with Crippen LogP contribution in [0.1, 0.15) is 42.3 Å². The second kappa shape index (κ2) is 5.52. The van der Waals surface area contributed by atoms with Gasteiger partial charge in [0.05, 0.1) is 5.56 Å². The molecule has 0 aliphatic heterocycles. The molecular formula is C16H18N2O3. The van der Waals surface area contributed by atoms with Crippen molar-refractivity contribution in [1.29, 1.82) is 0 Å². The Morgan fingerprint density at radius 3 is 2.33 bits per heavy atom. The normalized spacial score (nSPS) is 11.2. The Labute approximate surface area is 123 Å². The van der Waals surface area contributed by atoms with Gasteiger partial charge < -0.3 is 9.84 Å². The van der Waals surface area contributed by atoms with Crippen LogP contribution in [-0.2, 0) is 5.41 Å². The molecule has 0 radical (unpaired) electrons. The molecule has 1 aromatic carbocycles. The summed E-state index contributed by atoms with van der Waals surface area (Å²) in [6, 6.07) is 6.04. The van der Waals surface area contributed by atoms with E-state index >= 15 is 0 Å². The van der Waals surface area contributed by atoms with Crippen LogP contribution in [-0.4, -0.2) is 21.0 Å². The van der Waals surface area contributed by atoms with Gasteiger partial charge in [-0.15, -0.1) is 0 Å². The highest BCUT2D eigenvalue weighted by Crippen LogP contribution is 2.33. The van der Waals surface area contributed by atoms with Crippen LogP contribution in [0.15, 0.2) is 30.6 Å². The van der Waals surface area contributed by atoms with Crippen LogP contribution < -0.4 is 4.74 Å². The minimum atomic E-state index is -1.06. The molecule has 0 saturated heterocycles. The zero-order valence-corrected chi connectivity index (χ0v) is 12.5. The third kappa shape index (κ3) is 3.56. The van der Waals surface area contributed by atoms with Gasteiger partial charge in [-0.1, -0.05) is 38.5 Å². The molecule has 1 N–H and O–H groups in total. The lowest BCUT2D eigenvalue weighted by molar-refractivity contribution is 0.0696. The number of rotatable bonds is 3. The van der Waals surface area contributed by atoms with Crippen molar-refractivity contribution in [3.63, 3.8) is 0 Å². The quantitative estimate of drug-likeness (QED) is 0.933. The summed E-state index contributed by atoms with van der Waals surface area (Å²) < 4.78 is 5.71. The zero-order valence-electron chi connectivity index (χ0n) is 12.5. The van der Waals surface area contributed by atoms with Gasteiger partial charge in [-0.05, 0) is 18.4 Å². The van der Waals surface area contributed by atoms with Crippen LogP contribution >= 0.6 is 0 Å². The van der Waals surface area contributed by atoms with Crippen molar-refractivity contribution in [2.24, 2.45) is 0 Å². The first kappa shape index (κ1) is 15.0. The van der Waals surface area contributed by atoms with Crippen molar-refractivity contribution in [1.82, 2.24) is 9.97 Å². The van der Waals surface area contributed by atoms with Crippen molar-refractivity contribution in [3.8, 4) is 11.8 Å². The maximum atomic E-state index is 10.8. The highest BCUT2D eigenvalue weighted by Gasteiger charge is 2.20. The molecule has 0 aliphatic carbocycles. The summed E-state index contributed by atoms with van der Waals surface area (Å²) in [4.78, 5) is 18.6. The molecule has 1 heterocycles. The third-order valence-electron chi connectivity index (χ3n) is 3.02. The van der Waals surface area contributed by atoms with Gasteiger partial charge in [-0.2, -0.15) is 0 Å². The van der Waals surface area contributed by atoms with Gasteiger partial charge >= 0.3 is 12.0 Å². The van der Waals surface area contributed by atoms with Gasteiger partial charge in [0.15, 0.2) is 0 Å². The molecule has 5 heteroatoms. The van der Waals surface area contributed by atoms with E-state index in [9.17, 15) is 4.79 Å². The van der Waals surface area contributed by atoms with Gasteiger partial charge in [0.25, 0.3) is 0 Å². The Bertz CT molecular complexity index is 658. The average Bonchev–Trinajstić information content (AvgIpc) is 2.40. The van der Waals surface area contributed by atoms with Crippen molar-refractivity contribution >= 4 is 5.97 Å². The molecule has 1 aromatic heterocycles. The van der Waals surface area contributed by atoms with Crippen LogP contribution in [0.25, 0.3) is 0 Å². The molecule has 5 nitrogen and oxygen atoms in total. The first-order valence-corrected chi connectivity index (χ1v) is 6.61. The van der Waals surface area contributed by atoms with Gasteiger partial charge in [-0.3, -0.25) is 0 Å². The number of carboxylic acids is 1. The molecule has 0 bridgehead atoms. The van der Waals surface area contributed by atoms with Crippen LogP contribution in [0.4, 0.5) is 0 Å². The summed E-state index contributed by atoms with van der Waals surface area (Å²) >= 11 is 0. The number of aryl methyl sites for hydroxylation is 1. The summed E-state index contributed by atoms with van der Waals surface area (Å²) in [6.07, 6.45) is 2.46. The van der Waals surface area contributed by atoms with E-state index in [-0.39, 0.29) is 17.0 Å². The Morgan fingerprint density at radius 1 is 1.19 bits per heavy atom. The predicted molar refractivity (Wildman–Crippen MR) is 78.9 cm³/mol. The van der Waals surface area contributed by atoms with Crippen molar-refractivity contribution in [2.45, 2.75) is 33.1 Å². The number of carbonyl (C=O) groups is 1. The Hall–Kier alpha value is -2.43. The third-order valence-corrected chi connectivity index (χ3v) is 3.02. The molecule has 21 heavy (non-hydrogen) atoms. The largest absolute Gasteiger partial charge is 0.478 e. The maximum absolute atomic E-state index is 10.8. The lowest BCUT2D eigenvalue weighted by Crippen LogP contribution is -2.13. The van der Waals surface area contributed by atoms with E-state index in [1.54, 1.807) is 0 Å². The minimum Gasteiger partial charge on any atom is -0.478 e. The molecule has 0 saturated carbocycles. The number of carboxylic acid groups (broad SMARTS) is 1. The van der Waals surface area contributed by atoms with Gasteiger partial charge in [-0.25, -0.2) is 14.8 Å². The van der Waals surface area contributed by atoms with E-state index < -0.39 is 5.97 Å². The Kier molecular flexibility index (Phi) is 3.93. The molecule has 0 fully saturated rings. The first-order valence-electron chi connectivity index (χ1n) is 6.61. The molecule has 0 unspecified atom stereocenters. The number of hydrogen-bond acceptors (Lipinski definition) is 4. The predicted octanol–water partition coefficient (Wildman–Crippen LogP) is 3.57. The van der Waals surface area contributed by atoms with Crippen molar-refractivity contribution in [3.05, 3.63) is 47.3 Å². The number of nitrogens with zero attached hydrogens (tertiary/aromatic N) is 2. The molecule has 0 atom stereocenters. The van der Waals surface area contributed by atoms with E-state index in [0.29, 0.717) is 5.75 Å². The number of ether oxygens (including phenoxy) is 1. The number of aromatic nitrogens is 2. The Balaban J connectivity index is 2.33. The average molecular weight is 286 g/mol. The lowest BCUT2D eigenvalue weighted by Gasteiger charge is -2.22. The number of benzene rings is 1. The van der Waals surface area contributed by atoms with Gasteiger partial charge in [0.2, 0.25) is 0 Å². The smallest absolute Gasteiger partial charge is 0.338 e. The summed E-state index contributed by atoms with van der Waals surface area (Å²) in [7, 11) is 0. The fourth-order valence-corrected chi connectivity index (χ4v) is 1.90. The summed E-state index contributed by atoms with van der Waals surface area (Å²) in [5, 5.41) is 8.83. The number of hydrogen-bond donors (Lipinski definition) is 1. The van der Waals surface area contributed by atoms with Crippen LogP contribution in [0, 0.1) is 6.92 Å². The molecule has 2 aromatic rings. The van der Waals surface area contributed by atoms with Gasteiger partial charge in [0, 0.05) is 18.0 Å². The highest BCUT2D eigenvalue weighted by molar-refractivity contribution is 5.86. The van der Waals surface area contributed by atoms with E-state index in [4.69, 9.17) is 9.84 Å². The molecule has 0 aliphatic rings. The van der Waals surface area contributed by atoms with Crippen LogP contribution in [0.3, 0.4) is 0 Å². The van der Waals surface area contributed by atoms with E-state index in [1.807, 2.05) is 19.1 Å².